The van der Waals surface area contributed by atoms with Gasteiger partial charge in [-0.1, -0.05) is 48.2 Å². The summed E-state index contributed by atoms with van der Waals surface area (Å²) in [5.74, 6) is 1.40. The number of methoxy groups -OCH3 is 1. The number of thiophene rings is 1. The smallest absolute Gasteiger partial charge is 0.250 e. The summed E-state index contributed by atoms with van der Waals surface area (Å²) in [5, 5.41) is 15.5. The Bertz CT molecular complexity index is 1200. The molecule has 0 saturated heterocycles. The molecule has 0 saturated carbocycles. The summed E-state index contributed by atoms with van der Waals surface area (Å²) in [6.45, 7) is 1.87. The standard InChI is InChI=1S/C23H21N5O2S2/c1-16(20-9-6-14-31-20)24-25-21(29)15-32-23-27-26-22(17-7-4-3-5-8-17)28(23)18-10-12-19(30-2)13-11-18/h3-14H,15H2,1-2H3,(H,25,29). The van der Waals surface area contributed by atoms with E-state index in [1.54, 1.807) is 18.4 Å². The minimum absolute atomic E-state index is 0.157. The van der Waals surface area contributed by atoms with Gasteiger partial charge in [0.05, 0.1) is 18.6 Å². The molecule has 0 aliphatic rings. The average molecular weight is 464 g/mol. The van der Waals surface area contributed by atoms with Crippen LogP contribution in [-0.2, 0) is 4.79 Å². The van der Waals surface area contributed by atoms with Crippen molar-refractivity contribution in [3.05, 3.63) is 77.0 Å². The van der Waals surface area contributed by atoms with Crippen molar-refractivity contribution in [1.82, 2.24) is 20.2 Å². The monoisotopic (exact) mass is 463 g/mol. The van der Waals surface area contributed by atoms with Gasteiger partial charge < -0.3 is 4.74 Å². The molecule has 4 rings (SSSR count). The van der Waals surface area contributed by atoms with Gasteiger partial charge in [-0.25, -0.2) is 5.43 Å². The highest BCUT2D eigenvalue weighted by Crippen LogP contribution is 2.28. The van der Waals surface area contributed by atoms with Crippen LogP contribution < -0.4 is 10.2 Å². The Balaban J connectivity index is 1.55. The highest BCUT2D eigenvalue weighted by molar-refractivity contribution is 7.99. The van der Waals surface area contributed by atoms with E-state index in [9.17, 15) is 4.79 Å². The first kappa shape index (κ1) is 21.8. The quantitative estimate of drug-likeness (QED) is 0.234. The Morgan fingerprint density at radius 3 is 2.56 bits per heavy atom. The highest BCUT2D eigenvalue weighted by Gasteiger charge is 2.17. The van der Waals surface area contributed by atoms with Crippen LogP contribution >= 0.6 is 23.1 Å². The van der Waals surface area contributed by atoms with Gasteiger partial charge in [-0.2, -0.15) is 5.10 Å². The topological polar surface area (TPSA) is 81.4 Å². The number of benzene rings is 2. The molecule has 0 radical (unpaired) electrons. The second kappa shape index (κ2) is 10.3. The molecule has 1 amide bonds. The predicted molar refractivity (Wildman–Crippen MR) is 129 cm³/mol. The maximum Gasteiger partial charge on any atom is 0.250 e. The Morgan fingerprint density at radius 2 is 1.88 bits per heavy atom. The minimum Gasteiger partial charge on any atom is -0.497 e. The lowest BCUT2D eigenvalue weighted by molar-refractivity contribution is -0.118. The molecule has 0 unspecified atom stereocenters. The zero-order valence-corrected chi connectivity index (χ0v) is 19.2. The summed E-state index contributed by atoms with van der Waals surface area (Å²) in [6.07, 6.45) is 0. The van der Waals surface area contributed by atoms with Crippen LogP contribution in [-0.4, -0.2) is 39.2 Å². The van der Waals surface area contributed by atoms with Crippen LogP contribution in [0.1, 0.15) is 11.8 Å². The summed E-state index contributed by atoms with van der Waals surface area (Å²) in [6, 6.07) is 21.4. The van der Waals surface area contributed by atoms with Gasteiger partial charge in [0.25, 0.3) is 5.91 Å². The van der Waals surface area contributed by atoms with E-state index >= 15 is 0 Å². The second-order valence-corrected chi connectivity index (χ2v) is 8.59. The number of aromatic nitrogens is 3. The van der Waals surface area contributed by atoms with E-state index in [1.165, 1.54) is 11.8 Å². The molecule has 162 valence electrons. The van der Waals surface area contributed by atoms with Crippen LogP contribution in [0.5, 0.6) is 5.75 Å². The van der Waals surface area contributed by atoms with Crippen LogP contribution in [0.25, 0.3) is 17.1 Å². The maximum atomic E-state index is 12.4. The number of carbonyl (C=O) groups excluding carboxylic acids is 1. The van der Waals surface area contributed by atoms with Gasteiger partial charge in [0.2, 0.25) is 0 Å². The zero-order chi connectivity index (χ0) is 22.3. The van der Waals surface area contributed by atoms with E-state index in [0.717, 1.165) is 27.6 Å². The number of amides is 1. The van der Waals surface area contributed by atoms with Crippen LogP contribution in [0.4, 0.5) is 0 Å². The Labute approximate surface area is 194 Å². The third-order valence-corrected chi connectivity index (χ3v) is 6.46. The molecule has 1 N–H and O–H groups in total. The summed E-state index contributed by atoms with van der Waals surface area (Å²) in [7, 11) is 1.63. The summed E-state index contributed by atoms with van der Waals surface area (Å²) in [5.41, 5.74) is 5.20. The number of hydrogen-bond donors (Lipinski definition) is 1. The maximum absolute atomic E-state index is 12.4. The molecule has 2 aromatic heterocycles. The average Bonchev–Trinajstić information content (AvgIpc) is 3.52. The fourth-order valence-corrected chi connectivity index (χ4v) is 4.37. The van der Waals surface area contributed by atoms with Crippen LogP contribution in [0, 0.1) is 0 Å². The molecule has 0 bridgehead atoms. The largest absolute Gasteiger partial charge is 0.497 e. The predicted octanol–water partition coefficient (Wildman–Crippen LogP) is 4.64. The van der Waals surface area contributed by atoms with E-state index in [0.29, 0.717) is 11.0 Å². The lowest BCUT2D eigenvalue weighted by Gasteiger charge is -2.11. The van der Waals surface area contributed by atoms with Crippen molar-refractivity contribution in [3.8, 4) is 22.8 Å². The fourth-order valence-electron chi connectivity index (χ4n) is 2.95. The molecule has 0 aliphatic carbocycles. The van der Waals surface area contributed by atoms with Crippen molar-refractivity contribution in [2.75, 3.05) is 12.9 Å². The van der Waals surface area contributed by atoms with Crippen LogP contribution in [0.3, 0.4) is 0 Å². The first-order valence-electron chi connectivity index (χ1n) is 9.81. The third-order valence-electron chi connectivity index (χ3n) is 4.55. The van der Waals surface area contributed by atoms with Crippen molar-refractivity contribution < 1.29 is 9.53 Å². The van der Waals surface area contributed by atoms with E-state index in [-0.39, 0.29) is 11.7 Å². The highest BCUT2D eigenvalue weighted by atomic mass is 32.2. The molecule has 9 heteroatoms. The van der Waals surface area contributed by atoms with Gasteiger partial charge in [-0.3, -0.25) is 9.36 Å². The molecule has 0 aliphatic heterocycles. The molecule has 2 heterocycles. The van der Waals surface area contributed by atoms with Crippen LogP contribution in [0.2, 0.25) is 0 Å². The molecular weight excluding hydrogens is 442 g/mol. The van der Waals surface area contributed by atoms with Crippen molar-refractivity contribution >= 4 is 34.7 Å². The summed E-state index contributed by atoms with van der Waals surface area (Å²) >= 11 is 2.88. The number of carbonyl (C=O) groups is 1. The molecule has 0 spiro atoms. The van der Waals surface area contributed by atoms with Gasteiger partial charge in [0.15, 0.2) is 11.0 Å². The molecule has 2 aromatic carbocycles. The number of hydrazone groups is 1. The van der Waals surface area contributed by atoms with E-state index in [1.807, 2.05) is 83.6 Å². The van der Waals surface area contributed by atoms with Gasteiger partial charge in [-0.05, 0) is 42.6 Å². The first-order chi connectivity index (χ1) is 15.7. The SMILES string of the molecule is COc1ccc(-n2c(SCC(=O)NN=C(C)c3cccs3)nnc2-c2ccccc2)cc1. The number of hydrogen-bond acceptors (Lipinski definition) is 7. The van der Waals surface area contributed by atoms with Crippen molar-refractivity contribution in [2.45, 2.75) is 12.1 Å². The van der Waals surface area contributed by atoms with E-state index < -0.39 is 0 Å². The van der Waals surface area contributed by atoms with Gasteiger partial charge in [0.1, 0.15) is 5.75 Å². The van der Waals surface area contributed by atoms with E-state index in [4.69, 9.17) is 4.74 Å². The normalized spacial score (nSPS) is 11.4. The Kier molecular flexibility index (Phi) is 6.98. The Hall–Kier alpha value is -3.43. The number of ether oxygens (including phenoxy) is 1. The molecule has 0 fully saturated rings. The lowest BCUT2D eigenvalue weighted by atomic mass is 10.2. The second-order valence-electron chi connectivity index (χ2n) is 6.70. The molecular formula is C23H21N5O2S2. The summed E-state index contributed by atoms with van der Waals surface area (Å²) < 4.78 is 7.21. The first-order valence-corrected chi connectivity index (χ1v) is 11.7. The molecule has 0 atom stereocenters. The van der Waals surface area contributed by atoms with E-state index in [2.05, 4.69) is 20.7 Å². The molecule has 32 heavy (non-hydrogen) atoms. The van der Waals surface area contributed by atoms with Crippen molar-refractivity contribution in [3.63, 3.8) is 0 Å². The lowest BCUT2D eigenvalue weighted by Crippen LogP contribution is -2.21. The number of nitrogens with one attached hydrogen (secondary N) is 1. The minimum atomic E-state index is -0.212. The number of rotatable bonds is 8. The summed E-state index contributed by atoms with van der Waals surface area (Å²) in [4.78, 5) is 13.4. The zero-order valence-electron chi connectivity index (χ0n) is 17.6. The van der Waals surface area contributed by atoms with Crippen molar-refractivity contribution in [2.24, 2.45) is 5.10 Å². The number of nitrogens with zero attached hydrogens (tertiary/aromatic N) is 4. The fraction of sp³-hybridized carbons (Fsp3) is 0.130. The Morgan fingerprint density at radius 1 is 1.09 bits per heavy atom. The molecule has 4 aromatic rings. The van der Waals surface area contributed by atoms with Crippen LogP contribution in [0.15, 0.2) is 82.4 Å². The van der Waals surface area contributed by atoms with Gasteiger partial charge in [0, 0.05) is 16.1 Å². The van der Waals surface area contributed by atoms with Gasteiger partial charge >= 0.3 is 0 Å². The molecule has 7 nitrogen and oxygen atoms in total. The third kappa shape index (κ3) is 5.06. The van der Waals surface area contributed by atoms with Crippen molar-refractivity contribution in [1.29, 1.82) is 0 Å². The van der Waals surface area contributed by atoms with Gasteiger partial charge in [-0.15, -0.1) is 21.5 Å². The number of thioether (sulfide) groups is 1.